The van der Waals surface area contributed by atoms with Gasteiger partial charge in [-0.3, -0.25) is 4.79 Å². The predicted molar refractivity (Wildman–Crippen MR) is 60.6 cm³/mol. The van der Waals surface area contributed by atoms with E-state index in [2.05, 4.69) is 6.07 Å². The minimum atomic E-state index is 0.208. The molecule has 14 heavy (non-hydrogen) atoms. The molecule has 2 rings (SSSR count). The van der Waals surface area contributed by atoms with Gasteiger partial charge in [0.2, 0.25) is 0 Å². The third kappa shape index (κ3) is 2.01. The molecule has 0 atom stereocenters. The van der Waals surface area contributed by atoms with Gasteiger partial charge >= 0.3 is 0 Å². The van der Waals surface area contributed by atoms with Crippen molar-refractivity contribution in [2.75, 3.05) is 5.88 Å². The van der Waals surface area contributed by atoms with Crippen LogP contribution in [0.3, 0.4) is 0 Å². The SMILES string of the molecule is O=C(CCCl)c1cc2c(s1)CCCC2. The number of halogens is 1. The van der Waals surface area contributed by atoms with E-state index in [1.54, 1.807) is 11.3 Å². The first kappa shape index (κ1) is 10.2. The molecular formula is C11H13ClOS. The molecule has 0 spiro atoms. The number of alkyl halides is 1. The zero-order valence-corrected chi connectivity index (χ0v) is 9.59. The molecule has 1 aliphatic rings. The van der Waals surface area contributed by atoms with Gasteiger partial charge in [-0.05, 0) is 37.3 Å². The summed E-state index contributed by atoms with van der Waals surface area (Å²) in [6.07, 6.45) is 5.33. The Morgan fingerprint density at radius 1 is 1.43 bits per heavy atom. The van der Waals surface area contributed by atoms with Gasteiger partial charge in [0.05, 0.1) is 4.88 Å². The molecule has 0 N–H and O–H groups in total. The van der Waals surface area contributed by atoms with Gasteiger partial charge in [0.1, 0.15) is 0 Å². The molecule has 1 nitrogen and oxygen atoms in total. The highest BCUT2D eigenvalue weighted by molar-refractivity contribution is 7.14. The van der Waals surface area contributed by atoms with Crippen LogP contribution in [0.5, 0.6) is 0 Å². The van der Waals surface area contributed by atoms with Crippen LogP contribution in [0.15, 0.2) is 6.07 Å². The fourth-order valence-electron chi connectivity index (χ4n) is 1.84. The lowest BCUT2D eigenvalue weighted by Crippen LogP contribution is -1.97. The minimum Gasteiger partial charge on any atom is -0.293 e. The van der Waals surface area contributed by atoms with Gasteiger partial charge in [0.15, 0.2) is 5.78 Å². The Hall–Kier alpha value is -0.340. The van der Waals surface area contributed by atoms with Crippen LogP contribution in [-0.4, -0.2) is 11.7 Å². The molecule has 0 aromatic carbocycles. The van der Waals surface area contributed by atoms with Crippen LogP contribution in [0.1, 0.15) is 39.4 Å². The lowest BCUT2D eigenvalue weighted by Gasteiger charge is -2.08. The molecule has 76 valence electrons. The van der Waals surface area contributed by atoms with Crippen LogP contribution >= 0.6 is 22.9 Å². The van der Waals surface area contributed by atoms with E-state index in [1.165, 1.54) is 23.3 Å². The number of carbonyl (C=O) groups excluding carboxylic acids is 1. The van der Waals surface area contributed by atoms with Gasteiger partial charge < -0.3 is 0 Å². The van der Waals surface area contributed by atoms with Crippen LogP contribution < -0.4 is 0 Å². The van der Waals surface area contributed by atoms with Gasteiger partial charge in [-0.2, -0.15) is 0 Å². The number of fused-ring (bicyclic) bond motifs is 1. The number of carbonyl (C=O) groups is 1. The smallest absolute Gasteiger partial charge is 0.173 e. The average molecular weight is 229 g/mol. The van der Waals surface area contributed by atoms with Crippen LogP contribution in [0.2, 0.25) is 0 Å². The monoisotopic (exact) mass is 228 g/mol. The third-order valence-corrected chi connectivity index (χ3v) is 4.06. The normalized spacial score (nSPS) is 15.2. The summed E-state index contributed by atoms with van der Waals surface area (Å²) in [5.74, 6) is 0.640. The first-order chi connectivity index (χ1) is 6.81. The van der Waals surface area contributed by atoms with E-state index in [9.17, 15) is 4.79 Å². The molecule has 1 heterocycles. The van der Waals surface area contributed by atoms with E-state index in [1.807, 2.05) is 0 Å². The number of hydrogen-bond acceptors (Lipinski definition) is 2. The van der Waals surface area contributed by atoms with Gasteiger partial charge in [0.25, 0.3) is 0 Å². The van der Waals surface area contributed by atoms with Crippen molar-refractivity contribution in [3.05, 3.63) is 21.4 Å². The molecule has 0 fully saturated rings. The maximum absolute atomic E-state index is 11.6. The largest absolute Gasteiger partial charge is 0.293 e. The quantitative estimate of drug-likeness (QED) is 0.572. The lowest BCUT2D eigenvalue weighted by molar-refractivity contribution is 0.0993. The number of thiophene rings is 1. The van der Waals surface area contributed by atoms with E-state index in [4.69, 9.17) is 11.6 Å². The zero-order chi connectivity index (χ0) is 9.97. The van der Waals surface area contributed by atoms with Crippen molar-refractivity contribution in [3.8, 4) is 0 Å². The second-order valence-corrected chi connectivity index (χ2v) is 5.14. The molecule has 0 aliphatic heterocycles. The number of ketones is 1. The Morgan fingerprint density at radius 3 is 2.93 bits per heavy atom. The second kappa shape index (κ2) is 4.45. The third-order valence-electron chi connectivity index (χ3n) is 2.59. The van der Waals surface area contributed by atoms with Gasteiger partial charge in [0, 0.05) is 17.2 Å². The van der Waals surface area contributed by atoms with Crippen molar-refractivity contribution in [2.45, 2.75) is 32.1 Å². The standard InChI is InChI=1S/C11H13ClOS/c12-6-5-9(13)11-7-8-3-1-2-4-10(8)14-11/h7H,1-6H2. The average Bonchev–Trinajstić information content (AvgIpc) is 2.61. The highest BCUT2D eigenvalue weighted by Gasteiger charge is 2.16. The maximum atomic E-state index is 11.6. The van der Waals surface area contributed by atoms with Crippen molar-refractivity contribution >= 4 is 28.7 Å². The molecule has 0 amide bonds. The van der Waals surface area contributed by atoms with Gasteiger partial charge in [-0.25, -0.2) is 0 Å². The predicted octanol–water partition coefficient (Wildman–Crippen LogP) is 3.44. The maximum Gasteiger partial charge on any atom is 0.173 e. The Kier molecular flexibility index (Phi) is 3.24. The molecule has 0 saturated carbocycles. The summed E-state index contributed by atoms with van der Waals surface area (Å²) < 4.78 is 0. The number of rotatable bonds is 3. The van der Waals surface area contributed by atoms with E-state index in [0.717, 1.165) is 17.7 Å². The van der Waals surface area contributed by atoms with E-state index >= 15 is 0 Å². The summed E-state index contributed by atoms with van der Waals surface area (Å²) in [5.41, 5.74) is 1.40. The Balaban J connectivity index is 2.19. The summed E-state index contributed by atoms with van der Waals surface area (Å²) in [6.45, 7) is 0. The topological polar surface area (TPSA) is 17.1 Å². The van der Waals surface area contributed by atoms with Crippen molar-refractivity contribution in [2.24, 2.45) is 0 Å². The lowest BCUT2D eigenvalue weighted by atomic mass is 9.99. The molecule has 0 bridgehead atoms. The summed E-state index contributed by atoms with van der Waals surface area (Å²) in [7, 11) is 0. The fraction of sp³-hybridized carbons (Fsp3) is 0.545. The summed E-state index contributed by atoms with van der Waals surface area (Å²) in [6, 6.07) is 2.08. The first-order valence-electron chi connectivity index (χ1n) is 5.02. The van der Waals surface area contributed by atoms with Crippen LogP contribution in [0.25, 0.3) is 0 Å². The second-order valence-electron chi connectivity index (χ2n) is 3.63. The number of hydrogen-bond donors (Lipinski definition) is 0. The number of aryl methyl sites for hydroxylation is 2. The molecule has 0 radical (unpaired) electrons. The van der Waals surface area contributed by atoms with Crippen molar-refractivity contribution < 1.29 is 4.79 Å². The summed E-state index contributed by atoms with van der Waals surface area (Å²) in [5, 5.41) is 0. The van der Waals surface area contributed by atoms with E-state index < -0.39 is 0 Å². The van der Waals surface area contributed by atoms with Crippen LogP contribution in [0, 0.1) is 0 Å². The Morgan fingerprint density at radius 2 is 2.21 bits per heavy atom. The van der Waals surface area contributed by atoms with Crippen molar-refractivity contribution in [1.29, 1.82) is 0 Å². The fourth-order valence-corrected chi connectivity index (χ4v) is 3.23. The number of Topliss-reactive ketones (excluding diaryl/α,β-unsaturated/α-hetero) is 1. The minimum absolute atomic E-state index is 0.208. The Labute approximate surface area is 93.1 Å². The molecule has 0 saturated heterocycles. The molecule has 1 aromatic rings. The van der Waals surface area contributed by atoms with Gasteiger partial charge in [-0.1, -0.05) is 0 Å². The molecular weight excluding hydrogens is 216 g/mol. The van der Waals surface area contributed by atoms with Crippen molar-refractivity contribution in [1.82, 2.24) is 0 Å². The highest BCUT2D eigenvalue weighted by atomic mass is 35.5. The van der Waals surface area contributed by atoms with E-state index in [-0.39, 0.29) is 5.78 Å². The molecule has 3 heteroatoms. The molecule has 0 unspecified atom stereocenters. The van der Waals surface area contributed by atoms with Crippen LogP contribution in [0.4, 0.5) is 0 Å². The zero-order valence-electron chi connectivity index (χ0n) is 8.01. The molecule has 1 aliphatic carbocycles. The molecule has 1 aromatic heterocycles. The summed E-state index contributed by atoms with van der Waals surface area (Å²) in [4.78, 5) is 13.9. The summed E-state index contributed by atoms with van der Waals surface area (Å²) >= 11 is 7.23. The first-order valence-corrected chi connectivity index (χ1v) is 6.37. The highest BCUT2D eigenvalue weighted by Crippen LogP contribution is 2.30. The van der Waals surface area contributed by atoms with Crippen molar-refractivity contribution in [3.63, 3.8) is 0 Å². The van der Waals surface area contributed by atoms with E-state index in [0.29, 0.717) is 12.3 Å². The van der Waals surface area contributed by atoms with Gasteiger partial charge in [-0.15, -0.1) is 22.9 Å². The van der Waals surface area contributed by atoms with Crippen LogP contribution in [-0.2, 0) is 12.8 Å². The Bertz CT molecular complexity index is 320.